The molecule has 1 saturated carbocycles. The van der Waals surface area contributed by atoms with E-state index in [1.54, 1.807) is 12.1 Å². The summed E-state index contributed by atoms with van der Waals surface area (Å²) in [5, 5.41) is 0. The van der Waals surface area contributed by atoms with Crippen molar-refractivity contribution in [1.29, 1.82) is 0 Å². The molecular formula is C19H19FO. The van der Waals surface area contributed by atoms with Gasteiger partial charge in [-0.05, 0) is 42.4 Å². The van der Waals surface area contributed by atoms with Crippen LogP contribution < -0.4 is 0 Å². The first-order valence-electron chi connectivity index (χ1n) is 7.55. The third-order valence-corrected chi connectivity index (χ3v) is 4.46. The van der Waals surface area contributed by atoms with Crippen molar-refractivity contribution in [2.24, 2.45) is 5.92 Å². The summed E-state index contributed by atoms with van der Waals surface area (Å²) in [5.41, 5.74) is 1.95. The number of rotatable bonds is 3. The number of benzene rings is 2. The zero-order valence-electron chi connectivity index (χ0n) is 12.0. The highest BCUT2D eigenvalue weighted by molar-refractivity contribution is 5.82. The Kier molecular flexibility index (Phi) is 4.14. The quantitative estimate of drug-likeness (QED) is 0.809. The molecule has 0 amide bonds. The molecule has 2 unspecified atom stereocenters. The highest BCUT2D eigenvalue weighted by atomic mass is 19.1. The second kappa shape index (κ2) is 6.21. The van der Waals surface area contributed by atoms with Crippen molar-refractivity contribution < 1.29 is 9.18 Å². The van der Waals surface area contributed by atoms with Crippen LogP contribution in [0, 0.1) is 11.7 Å². The number of halogens is 1. The van der Waals surface area contributed by atoms with Gasteiger partial charge in [0.2, 0.25) is 0 Å². The Balaban J connectivity index is 1.75. The molecule has 0 bridgehead atoms. The molecule has 2 aromatic carbocycles. The largest absolute Gasteiger partial charge is 0.299 e. The van der Waals surface area contributed by atoms with Crippen molar-refractivity contribution in [1.82, 2.24) is 0 Å². The Morgan fingerprint density at radius 3 is 2.48 bits per heavy atom. The van der Waals surface area contributed by atoms with E-state index in [-0.39, 0.29) is 17.5 Å². The van der Waals surface area contributed by atoms with Crippen LogP contribution in [-0.4, -0.2) is 5.78 Å². The lowest BCUT2D eigenvalue weighted by Gasteiger charge is -2.28. The number of carbonyl (C=O) groups excluding carboxylic acids is 1. The van der Waals surface area contributed by atoms with Crippen LogP contribution in [0.25, 0.3) is 0 Å². The fourth-order valence-corrected chi connectivity index (χ4v) is 3.27. The molecule has 0 spiro atoms. The fraction of sp³-hybridized carbons (Fsp3) is 0.316. The van der Waals surface area contributed by atoms with Crippen molar-refractivity contribution in [3.8, 4) is 0 Å². The highest BCUT2D eigenvalue weighted by Crippen LogP contribution is 2.36. The van der Waals surface area contributed by atoms with E-state index in [0.717, 1.165) is 12.8 Å². The van der Waals surface area contributed by atoms with Gasteiger partial charge in [0.15, 0.2) is 0 Å². The second-order valence-corrected chi connectivity index (χ2v) is 5.84. The fourth-order valence-electron chi connectivity index (χ4n) is 3.27. The Morgan fingerprint density at radius 1 is 1.00 bits per heavy atom. The molecule has 0 aromatic heterocycles. The summed E-state index contributed by atoms with van der Waals surface area (Å²) >= 11 is 0. The topological polar surface area (TPSA) is 17.1 Å². The van der Waals surface area contributed by atoms with Crippen molar-refractivity contribution >= 4 is 5.78 Å². The van der Waals surface area contributed by atoms with Crippen molar-refractivity contribution in [2.45, 2.75) is 31.6 Å². The molecule has 2 heteroatoms. The monoisotopic (exact) mass is 282 g/mol. The van der Waals surface area contributed by atoms with Gasteiger partial charge in [-0.2, -0.15) is 0 Å². The molecule has 0 saturated heterocycles. The van der Waals surface area contributed by atoms with E-state index in [1.807, 2.05) is 24.3 Å². The minimum Gasteiger partial charge on any atom is -0.299 e. The van der Waals surface area contributed by atoms with Gasteiger partial charge in [-0.3, -0.25) is 4.79 Å². The summed E-state index contributed by atoms with van der Waals surface area (Å²) in [6.07, 6.45) is 2.88. The minimum absolute atomic E-state index is 0.0548. The van der Waals surface area contributed by atoms with Crippen molar-refractivity contribution in [3.63, 3.8) is 0 Å². The van der Waals surface area contributed by atoms with E-state index in [0.29, 0.717) is 24.3 Å². The molecule has 0 aliphatic heterocycles. The van der Waals surface area contributed by atoms with Gasteiger partial charge in [-0.1, -0.05) is 48.5 Å². The first-order chi connectivity index (χ1) is 10.2. The van der Waals surface area contributed by atoms with Gasteiger partial charge in [0.1, 0.15) is 11.6 Å². The lowest BCUT2D eigenvalue weighted by atomic mass is 9.75. The van der Waals surface area contributed by atoms with Crippen LogP contribution in [-0.2, 0) is 11.2 Å². The summed E-state index contributed by atoms with van der Waals surface area (Å²) in [7, 11) is 0. The zero-order chi connectivity index (χ0) is 14.7. The van der Waals surface area contributed by atoms with E-state index < -0.39 is 0 Å². The molecule has 108 valence electrons. The normalized spacial score (nSPS) is 22.2. The summed E-state index contributed by atoms with van der Waals surface area (Å²) in [4.78, 5) is 12.2. The average Bonchev–Trinajstić information content (AvgIpc) is 2.52. The molecule has 0 heterocycles. The molecule has 21 heavy (non-hydrogen) atoms. The van der Waals surface area contributed by atoms with Gasteiger partial charge in [0, 0.05) is 12.3 Å². The first kappa shape index (κ1) is 14.0. The van der Waals surface area contributed by atoms with Crippen LogP contribution in [0.3, 0.4) is 0 Å². The predicted octanol–water partition coefficient (Wildman–Crippen LogP) is 4.52. The lowest BCUT2D eigenvalue weighted by Crippen LogP contribution is -2.26. The maximum absolute atomic E-state index is 13.8. The Bertz CT molecular complexity index is 620. The molecule has 0 N–H and O–H groups in total. The number of Topliss-reactive ketones (excluding diaryl/α,β-unsaturated/α-hetero) is 1. The standard InChI is InChI=1S/C19H19FO/c20-18-9-5-4-8-16(18)13-17-12-15(10-11-19(17)21)14-6-2-1-3-7-14/h1-9,15,17H,10-13H2. The summed E-state index contributed by atoms with van der Waals surface area (Å²) in [6, 6.07) is 17.1. The van der Waals surface area contributed by atoms with E-state index >= 15 is 0 Å². The molecule has 2 atom stereocenters. The van der Waals surface area contributed by atoms with Crippen molar-refractivity contribution in [2.75, 3.05) is 0 Å². The van der Waals surface area contributed by atoms with Crippen LogP contribution in [0.2, 0.25) is 0 Å². The number of hydrogen-bond acceptors (Lipinski definition) is 1. The van der Waals surface area contributed by atoms with E-state index in [4.69, 9.17) is 0 Å². The summed E-state index contributed by atoms with van der Waals surface area (Å²) in [5.74, 6) is 0.444. The van der Waals surface area contributed by atoms with Gasteiger partial charge in [0.05, 0.1) is 0 Å². The Labute approximate surface area is 124 Å². The van der Waals surface area contributed by atoms with Gasteiger partial charge in [0.25, 0.3) is 0 Å². The van der Waals surface area contributed by atoms with Crippen molar-refractivity contribution in [3.05, 3.63) is 71.5 Å². The van der Waals surface area contributed by atoms with Gasteiger partial charge in [-0.25, -0.2) is 4.39 Å². The van der Waals surface area contributed by atoms with E-state index in [2.05, 4.69) is 12.1 Å². The number of carbonyl (C=O) groups is 1. The highest BCUT2D eigenvalue weighted by Gasteiger charge is 2.29. The van der Waals surface area contributed by atoms with Gasteiger partial charge >= 0.3 is 0 Å². The molecule has 2 aromatic rings. The molecule has 1 aliphatic carbocycles. The van der Waals surface area contributed by atoms with Gasteiger partial charge in [-0.15, -0.1) is 0 Å². The zero-order valence-corrected chi connectivity index (χ0v) is 12.0. The predicted molar refractivity (Wildman–Crippen MR) is 81.6 cm³/mol. The second-order valence-electron chi connectivity index (χ2n) is 5.84. The maximum Gasteiger partial charge on any atom is 0.136 e. The number of hydrogen-bond donors (Lipinski definition) is 0. The third kappa shape index (κ3) is 3.21. The smallest absolute Gasteiger partial charge is 0.136 e. The summed E-state index contributed by atoms with van der Waals surface area (Å²) in [6.45, 7) is 0. The first-order valence-corrected chi connectivity index (χ1v) is 7.55. The molecular weight excluding hydrogens is 263 g/mol. The van der Waals surface area contributed by atoms with Crippen LogP contribution in [0.1, 0.15) is 36.3 Å². The average molecular weight is 282 g/mol. The van der Waals surface area contributed by atoms with Crippen LogP contribution >= 0.6 is 0 Å². The van der Waals surface area contributed by atoms with Crippen LogP contribution in [0.5, 0.6) is 0 Å². The molecule has 1 fully saturated rings. The van der Waals surface area contributed by atoms with E-state index in [1.165, 1.54) is 11.6 Å². The molecule has 1 nitrogen and oxygen atoms in total. The minimum atomic E-state index is -0.202. The SMILES string of the molecule is O=C1CCC(c2ccccc2)CC1Cc1ccccc1F. The number of ketones is 1. The maximum atomic E-state index is 13.8. The van der Waals surface area contributed by atoms with Gasteiger partial charge < -0.3 is 0 Å². The lowest BCUT2D eigenvalue weighted by molar-refractivity contribution is -0.124. The molecule has 3 rings (SSSR count). The Morgan fingerprint density at radius 2 is 1.71 bits per heavy atom. The molecule has 1 aliphatic rings. The third-order valence-electron chi connectivity index (χ3n) is 4.46. The Hall–Kier alpha value is -1.96. The van der Waals surface area contributed by atoms with Crippen LogP contribution in [0.15, 0.2) is 54.6 Å². The van der Waals surface area contributed by atoms with Crippen LogP contribution in [0.4, 0.5) is 4.39 Å². The van der Waals surface area contributed by atoms with E-state index in [9.17, 15) is 9.18 Å². The summed E-state index contributed by atoms with van der Waals surface area (Å²) < 4.78 is 13.8. The molecule has 0 radical (unpaired) electrons.